The van der Waals surface area contributed by atoms with Crippen molar-refractivity contribution in [1.29, 1.82) is 0 Å². The van der Waals surface area contributed by atoms with E-state index in [1.807, 2.05) is 0 Å². The van der Waals surface area contributed by atoms with Crippen molar-refractivity contribution in [3.63, 3.8) is 0 Å². The van der Waals surface area contributed by atoms with Gasteiger partial charge in [-0.1, -0.05) is 41.9 Å². The number of para-hydroxylation sites is 1. The number of nitrogens with zero attached hydrogens (tertiary/aromatic N) is 2. The first-order valence-electron chi connectivity index (χ1n) is 8.91. The Morgan fingerprint density at radius 1 is 1.10 bits per heavy atom. The lowest BCUT2D eigenvalue weighted by molar-refractivity contribution is -0.139. The predicted molar refractivity (Wildman–Crippen MR) is 114 cm³/mol. The van der Waals surface area contributed by atoms with Gasteiger partial charge in [0.25, 0.3) is 0 Å². The Bertz CT molecular complexity index is 967. The van der Waals surface area contributed by atoms with Crippen molar-refractivity contribution in [3.05, 3.63) is 65.2 Å². The van der Waals surface area contributed by atoms with Gasteiger partial charge in [-0.25, -0.2) is 8.42 Å². The largest absolute Gasteiger partial charge is 0.357 e. The van der Waals surface area contributed by atoms with E-state index in [0.29, 0.717) is 10.7 Å². The van der Waals surface area contributed by atoms with Crippen LogP contribution in [0.5, 0.6) is 0 Å². The van der Waals surface area contributed by atoms with Crippen LogP contribution < -0.4 is 9.62 Å². The number of sulfonamides is 1. The zero-order valence-corrected chi connectivity index (χ0v) is 18.1. The number of rotatable bonds is 8. The second-order valence-corrected chi connectivity index (χ2v) is 8.89. The molecule has 2 aromatic rings. The standard InChI is InChI=1S/C20H24ClN3O4S/c1-15(20(26)22-2)23(13-16-8-7-9-17(21)12-16)19(25)14-24(29(3,27)28)18-10-5-4-6-11-18/h4-12,15H,13-14H2,1-3H3,(H,22,26). The second-order valence-electron chi connectivity index (χ2n) is 6.55. The third kappa shape index (κ3) is 6.20. The first-order chi connectivity index (χ1) is 13.6. The summed E-state index contributed by atoms with van der Waals surface area (Å²) in [5, 5.41) is 3.03. The van der Waals surface area contributed by atoms with Crippen LogP contribution in [0, 0.1) is 0 Å². The van der Waals surface area contributed by atoms with Crippen molar-refractivity contribution in [2.24, 2.45) is 0 Å². The third-order valence-electron chi connectivity index (χ3n) is 4.38. The molecule has 2 amide bonds. The van der Waals surface area contributed by atoms with Crippen LogP contribution in [0.15, 0.2) is 54.6 Å². The summed E-state index contributed by atoms with van der Waals surface area (Å²) in [4.78, 5) is 26.7. The highest BCUT2D eigenvalue weighted by molar-refractivity contribution is 7.92. The van der Waals surface area contributed by atoms with Gasteiger partial charge in [0.05, 0.1) is 11.9 Å². The molecule has 0 bridgehead atoms. The molecular formula is C20H24ClN3O4S. The van der Waals surface area contributed by atoms with Crippen LogP contribution in [0.3, 0.4) is 0 Å². The highest BCUT2D eigenvalue weighted by Gasteiger charge is 2.29. The summed E-state index contributed by atoms with van der Waals surface area (Å²) >= 11 is 6.03. The molecule has 0 heterocycles. The molecule has 0 aliphatic rings. The van der Waals surface area contributed by atoms with Crippen LogP contribution in [0.2, 0.25) is 5.02 Å². The van der Waals surface area contributed by atoms with E-state index in [-0.39, 0.29) is 12.5 Å². The van der Waals surface area contributed by atoms with Crippen LogP contribution in [-0.4, -0.2) is 51.0 Å². The van der Waals surface area contributed by atoms with Gasteiger partial charge >= 0.3 is 0 Å². The summed E-state index contributed by atoms with van der Waals surface area (Å²) in [5.41, 5.74) is 1.10. The number of anilines is 1. The van der Waals surface area contributed by atoms with Gasteiger partial charge in [0.2, 0.25) is 21.8 Å². The summed E-state index contributed by atoms with van der Waals surface area (Å²) in [6.07, 6.45) is 1.04. The number of benzene rings is 2. The molecule has 1 unspecified atom stereocenters. The monoisotopic (exact) mass is 437 g/mol. The minimum atomic E-state index is -3.71. The summed E-state index contributed by atoms with van der Waals surface area (Å²) in [5.74, 6) is -0.860. The summed E-state index contributed by atoms with van der Waals surface area (Å²) in [7, 11) is -2.23. The third-order valence-corrected chi connectivity index (χ3v) is 5.75. The van der Waals surface area contributed by atoms with Crippen molar-refractivity contribution < 1.29 is 18.0 Å². The highest BCUT2D eigenvalue weighted by Crippen LogP contribution is 2.19. The molecule has 0 saturated heterocycles. The molecule has 2 aromatic carbocycles. The lowest BCUT2D eigenvalue weighted by atomic mass is 10.1. The van der Waals surface area contributed by atoms with Crippen molar-refractivity contribution in [2.45, 2.75) is 19.5 Å². The Morgan fingerprint density at radius 3 is 2.31 bits per heavy atom. The van der Waals surface area contributed by atoms with Crippen molar-refractivity contribution in [2.75, 3.05) is 24.2 Å². The molecule has 29 heavy (non-hydrogen) atoms. The smallest absolute Gasteiger partial charge is 0.244 e. The van der Waals surface area contributed by atoms with E-state index in [9.17, 15) is 18.0 Å². The summed E-state index contributed by atoms with van der Waals surface area (Å²) < 4.78 is 25.6. The van der Waals surface area contributed by atoms with Gasteiger partial charge < -0.3 is 10.2 Å². The highest BCUT2D eigenvalue weighted by atomic mass is 35.5. The Morgan fingerprint density at radius 2 is 1.76 bits per heavy atom. The number of nitrogens with one attached hydrogen (secondary N) is 1. The number of carbonyl (C=O) groups excluding carboxylic acids is 2. The molecule has 1 atom stereocenters. The number of amides is 2. The number of hydrogen-bond acceptors (Lipinski definition) is 4. The first-order valence-corrected chi connectivity index (χ1v) is 11.1. The van der Waals surface area contributed by atoms with Crippen molar-refractivity contribution >= 4 is 39.1 Å². The minimum Gasteiger partial charge on any atom is -0.357 e. The van der Waals surface area contributed by atoms with Crippen molar-refractivity contribution in [1.82, 2.24) is 10.2 Å². The van der Waals surface area contributed by atoms with Crippen LogP contribution in [0.1, 0.15) is 12.5 Å². The number of hydrogen-bond donors (Lipinski definition) is 1. The Kier molecular flexibility index (Phi) is 7.64. The Balaban J connectivity index is 2.35. The number of likely N-dealkylation sites (N-methyl/N-ethyl adjacent to an activating group) is 1. The maximum absolute atomic E-state index is 13.1. The molecule has 7 nitrogen and oxygen atoms in total. The normalized spacial score (nSPS) is 12.1. The van der Waals surface area contributed by atoms with Crippen LogP contribution in [-0.2, 0) is 26.2 Å². The topological polar surface area (TPSA) is 86.8 Å². The lowest BCUT2D eigenvalue weighted by Crippen LogP contribution is -2.50. The molecule has 0 aromatic heterocycles. The van der Waals surface area contributed by atoms with E-state index in [1.165, 1.54) is 11.9 Å². The molecule has 156 valence electrons. The van der Waals surface area contributed by atoms with E-state index in [1.54, 1.807) is 61.5 Å². The molecular weight excluding hydrogens is 414 g/mol. The molecule has 2 rings (SSSR count). The lowest BCUT2D eigenvalue weighted by Gasteiger charge is -2.31. The maximum Gasteiger partial charge on any atom is 0.244 e. The van der Waals surface area contributed by atoms with Crippen LogP contribution in [0.4, 0.5) is 5.69 Å². The van der Waals surface area contributed by atoms with Crippen LogP contribution in [0.25, 0.3) is 0 Å². The van der Waals surface area contributed by atoms with Gasteiger partial charge in [-0.05, 0) is 36.8 Å². The van der Waals surface area contributed by atoms with Gasteiger partial charge in [0.15, 0.2) is 0 Å². The Hall–Kier alpha value is -2.58. The molecule has 9 heteroatoms. The zero-order chi connectivity index (χ0) is 21.6. The van der Waals surface area contributed by atoms with E-state index in [4.69, 9.17) is 11.6 Å². The average molecular weight is 438 g/mol. The van der Waals surface area contributed by atoms with Gasteiger partial charge in [-0.2, -0.15) is 0 Å². The van der Waals surface area contributed by atoms with E-state index in [0.717, 1.165) is 16.1 Å². The molecule has 0 radical (unpaired) electrons. The van der Waals surface area contributed by atoms with Crippen molar-refractivity contribution in [3.8, 4) is 0 Å². The van der Waals surface area contributed by atoms with E-state index >= 15 is 0 Å². The summed E-state index contributed by atoms with van der Waals surface area (Å²) in [6.45, 7) is 1.28. The molecule has 0 aliphatic heterocycles. The first kappa shape index (κ1) is 22.7. The van der Waals surface area contributed by atoms with Gasteiger partial charge in [0.1, 0.15) is 12.6 Å². The fourth-order valence-corrected chi connectivity index (χ4v) is 3.89. The van der Waals surface area contributed by atoms with E-state index in [2.05, 4.69) is 5.32 Å². The minimum absolute atomic E-state index is 0.111. The quantitative estimate of drug-likeness (QED) is 0.686. The van der Waals surface area contributed by atoms with Crippen LogP contribution >= 0.6 is 11.6 Å². The molecule has 0 saturated carbocycles. The average Bonchev–Trinajstić information content (AvgIpc) is 2.68. The molecule has 0 aliphatic carbocycles. The van der Waals surface area contributed by atoms with Gasteiger partial charge in [0, 0.05) is 18.6 Å². The second kappa shape index (κ2) is 9.76. The van der Waals surface area contributed by atoms with Gasteiger partial charge in [-0.3, -0.25) is 13.9 Å². The SMILES string of the molecule is CNC(=O)C(C)N(Cc1cccc(Cl)c1)C(=O)CN(c1ccccc1)S(C)(=O)=O. The maximum atomic E-state index is 13.1. The van der Waals surface area contributed by atoms with Gasteiger partial charge in [-0.15, -0.1) is 0 Å². The fourth-order valence-electron chi connectivity index (χ4n) is 2.83. The molecule has 0 spiro atoms. The predicted octanol–water partition coefficient (Wildman–Crippen LogP) is 2.27. The molecule has 1 N–H and O–H groups in total. The number of halogens is 1. The fraction of sp³-hybridized carbons (Fsp3) is 0.300. The van der Waals surface area contributed by atoms with E-state index < -0.39 is 28.5 Å². The number of carbonyl (C=O) groups is 2. The summed E-state index contributed by atoms with van der Waals surface area (Å²) in [6, 6.07) is 14.5. The Labute approximate surface area is 176 Å². The zero-order valence-electron chi connectivity index (χ0n) is 16.5. The molecule has 0 fully saturated rings.